The van der Waals surface area contributed by atoms with Crippen LogP contribution in [0.4, 0.5) is 0 Å². The summed E-state index contributed by atoms with van der Waals surface area (Å²) >= 11 is 0. The molecule has 0 aromatic heterocycles. The number of phosphoric ester groups is 2. The molecule has 0 rings (SSSR count). The van der Waals surface area contributed by atoms with Crippen LogP contribution in [0.2, 0.25) is 0 Å². The summed E-state index contributed by atoms with van der Waals surface area (Å²) in [6, 6.07) is 0. The fourth-order valence-corrected chi connectivity index (χ4v) is 15.5. The summed E-state index contributed by atoms with van der Waals surface area (Å²) in [5.41, 5.74) is 0. The van der Waals surface area contributed by atoms with Crippen molar-refractivity contribution >= 4 is 39.5 Å². The zero-order valence-corrected chi connectivity index (χ0v) is 73.0. The molecular formula is C89H174O17P2. The highest BCUT2D eigenvalue weighted by molar-refractivity contribution is 7.47. The van der Waals surface area contributed by atoms with Crippen LogP contribution in [0.1, 0.15) is 478 Å². The Kier molecular flexibility index (Phi) is 78.8. The van der Waals surface area contributed by atoms with Crippen LogP contribution in [0.15, 0.2) is 0 Å². The molecule has 0 radical (unpaired) electrons. The van der Waals surface area contributed by atoms with Gasteiger partial charge in [-0.15, -0.1) is 0 Å². The number of hydrogen-bond donors (Lipinski definition) is 3. The van der Waals surface area contributed by atoms with Crippen LogP contribution in [0.5, 0.6) is 0 Å². The molecule has 108 heavy (non-hydrogen) atoms. The van der Waals surface area contributed by atoms with Crippen LogP contribution >= 0.6 is 15.6 Å². The predicted molar refractivity (Wildman–Crippen MR) is 446 cm³/mol. The molecule has 0 aliphatic carbocycles. The predicted octanol–water partition coefficient (Wildman–Crippen LogP) is 27.4. The molecule has 0 bridgehead atoms. The quantitative estimate of drug-likeness (QED) is 0.0222. The Morgan fingerprint density at radius 1 is 0.269 bits per heavy atom. The van der Waals surface area contributed by atoms with Crippen LogP contribution in [0.25, 0.3) is 0 Å². The summed E-state index contributed by atoms with van der Waals surface area (Å²) < 4.78 is 68.9. The van der Waals surface area contributed by atoms with Gasteiger partial charge in [0.1, 0.15) is 19.3 Å². The molecule has 0 aliphatic rings. The lowest BCUT2D eigenvalue weighted by molar-refractivity contribution is -0.161. The number of esters is 4. The van der Waals surface area contributed by atoms with E-state index in [-0.39, 0.29) is 25.7 Å². The highest BCUT2D eigenvalue weighted by Crippen LogP contribution is 2.45. The second-order valence-corrected chi connectivity index (χ2v) is 35.6. The number of phosphoric acid groups is 2. The minimum atomic E-state index is -4.97. The van der Waals surface area contributed by atoms with Gasteiger partial charge in [0.25, 0.3) is 0 Å². The topological polar surface area (TPSA) is 237 Å². The lowest BCUT2D eigenvalue weighted by atomic mass is 9.99. The number of unbranched alkanes of at least 4 members (excludes halogenated alkanes) is 57. The average molecular weight is 1580 g/mol. The molecule has 3 N–H and O–H groups in total. The summed E-state index contributed by atoms with van der Waals surface area (Å²) in [5.74, 6) is -0.453. The van der Waals surface area contributed by atoms with Gasteiger partial charge in [-0.2, -0.15) is 0 Å². The molecular weight excluding hydrogens is 1400 g/mol. The van der Waals surface area contributed by atoms with Crippen molar-refractivity contribution < 1.29 is 80.2 Å². The van der Waals surface area contributed by atoms with Crippen LogP contribution in [0, 0.1) is 11.8 Å². The number of aliphatic hydroxyl groups excluding tert-OH is 1. The van der Waals surface area contributed by atoms with Crippen molar-refractivity contribution in [3.05, 3.63) is 0 Å². The Labute approximate surface area is 664 Å². The first-order valence-corrected chi connectivity index (χ1v) is 49.0. The first kappa shape index (κ1) is 106. The summed E-state index contributed by atoms with van der Waals surface area (Å²) in [4.78, 5) is 73.2. The van der Waals surface area contributed by atoms with Crippen molar-refractivity contribution in [2.45, 2.75) is 496 Å². The molecule has 0 amide bonds. The molecule has 0 saturated carbocycles. The van der Waals surface area contributed by atoms with Gasteiger partial charge in [-0.1, -0.05) is 427 Å². The molecule has 0 aromatic rings. The first-order valence-electron chi connectivity index (χ1n) is 46.0. The normalized spacial score (nSPS) is 14.0. The Hall–Kier alpha value is -1.94. The third-order valence-electron chi connectivity index (χ3n) is 21.3. The van der Waals surface area contributed by atoms with E-state index in [1.165, 1.54) is 295 Å². The van der Waals surface area contributed by atoms with E-state index in [0.717, 1.165) is 102 Å². The van der Waals surface area contributed by atoms with Crippen molar-refractivity contribution in [3.63, 3.8) is 0 Å². The van der Waals surface area contributed by atoms with E-state index in [1.807, 2.05) is 0 Å². The Morgan fingerprint density at radius 2 is 0.472 bits per heavy atom. The van der Waals surface area contributed by atoms with Gasteiger partial charge in [-0.3, -0.25) is 37.3 Å². The lowest BCUT2D eigenvalue weighted by Crippen LogP contribution is -2.30. The number of ether oxygens (including phenoxy) is 4. The average Bonchev–Trinajstić information content (AvgIpc) is 0.936. The number of aliphatic hydroxyl groups is 1. The fourth-order valence-electron chi connectivity index (χ4n) is 13.9. The van der Waals surface area contributed by atoms with Crippen LogP contribution in [-0.2, 0) is 65.4 Å². The number of carbonyl (C=O) groups is 4. The van der Waals surface area contributed by atoms with Gasteiger partial charge in [0.2, 0.25) is 0 Å². The molecule has 17 nitrogen and oxygen atoms in total. The summed E-state index contributed by atoms with van der Waals surface area (Å²) in [6.07, 6.45) is 73.8. The van der Waals surface area contributed by atoms with Gasteiger partial charge in [0, 0.05) is 25.7 Å². The maximum absolute atomic E-state index is 13.2. The number of carbonyl (C=O) groups excluding carboxylic acids is 4. The third-order valence-corrected chi connectivity index (χ3v) is 23.2. The number of rotatable bonds is 88. The van der Waals surface area contributed by atoms with Crippen LogP contribution < -0.4 is 0 Å². The maximum atomic E-state index is 13.2. The number of hydrogen-bond acceptors (Lipinski definition) is 15. The minimum absolute atomic E-state index is 0.107. The maximum Gasteiger partial charge on any atom is 0.472 e. The van der Waals surface area contributed by atoms with Gasteiger partial charge in [0.15, 0.2) is 12.2 Å². The second kappa shape index (κ2) is 80.3. The van der Waals surface area contributed by atoms with E-state index < -0.39 is 97.5 Å². The molecule has 19 heteroatoms. The molecule has 642 valence electrons. The largest absolute Gasteiger partial charge is 0.472 e. The van der Waals surface area contributed by atoms with Gasteiger partial charge >= 0.3 is 39.5 Å². The molecule has 0 fully saturated rings. The SMILES string of the molecule is CCCCCCCCCCCCCCCCCCCCCCCCC(=O)OC[C@H](COP(=O)(O)OC[C@@H](O)COP(=O)(O)OC[C@@H](COC(=O)CCCCCCCCCCC)OC(=O)CCCCCCCCCCCCCCC(C)C)OC(=O)CCCCCCCCCCCCCCCCCCCCC(C)CC. The minimum Gasteiger partial charge on any atom is -0.462 e. The van der Waals surface area contributed by atoms with Crippen molar-refractivity contribution in [3.8, 4) is 0 Å². The van der Waals surface area contributed by atoms with Gasteiger partial charge in [-0.05, 0) is 37.5 Å². The van der Waals surface area contributed by atoms with Crippen LogP contribution in [0.3, 0.4) is 0 Å². The van der Waals surface area contributed by atoms with Crippen LogP contribution in [-0.4, -0.2) is 96.7 Å². The zero-order valence-electron chi connectivity index (χ0n) is 71.2. The van der Waals surface area contributed by atoms with E-state index in [9.17, 15) is 43.2 Å². The van der Waals surface area contributed by atoms with E-state index in [0.29, 0.717) is 25.7 Å². The Bertz CT molecular complexity index is 2070. The Balaban J connectivity index is 5.19. The van der Waals surface area contributed by atoms with E-state index in [1.54, 1.807) is 0 Å². The summed E-state index contributed by atoms with van der Waals surface area (Å²) in [6.45, 7) is 9.74. The fraction of sp³-hybridized carbons (Fsp3) is 0.955. The van der Waals surface area contributed by atoms with Crippen molar-refractivity contribution in [2.24, 2.45) is 11.8 Å². The Morgan fingerprint density at radius 3 is 0.704 bits per heavy atom. The molecule has 0 saturated heterocycles. The first-order chi connectivity index (χ1) is 52.4. The summed E-state index contributed by atoms with van der Waals surface area (Å²) in [7, 11) is -9.93. The molecule has 6 atom stereocenters. The smallest absolute Gasteiger partial charge is 0.462 e. The van der Waals surface area contributed by atoms with Gasteiger partial charge in [-0.25, -0.2) is 9.13 Å². The van der Waals surface area contributed by atoms with E-state index in [2.05, 4.69) is 41.5 Å². The third kappa shape index (κ3) is 80.7. The highest BCUT2D eigenvalue weighted by atomic mass is 31.2. The second-order valence-electron chi connectivity index (χ2n) is 32.7. The van der Waals surface area contributed by atoms with Crippen molar-refractivity contribution in [1.29, 1.82) is 0 Å². The molecule has 0 aliphatic heterocycles. The molecule has 0 spiro atoms. The molecule has 0 aromatic carbocycles. The van der Waals surface area contributed by atoms with Gasteiger partial charge in [0.05, 0.1) is 26.4 Å². The zero-order chi connectivity index (χ0) is 79.2. The van der Waals surface area contributed by atoms with Gasteiger partial charge < -0.3 is 33.8 Å². The monoisotopic (exact) mass is 1580 g/mol. The highest BCUT2D eigenvalue weighted by Gasteiger charge is 2.31. The van der Waals surface area contributed by atoms with E-state index >= 15 is 0 Å². The van der Waals surface area contributed by atoms with E-state index in [4.69, 9.17) is 37.0 Å². The standard InChI is InChI=1S/C89H174O17P2/c1-7-10-12-14-16-18-19-20-21-22-23-24-25-26-30-33-36-42-48-54-60-66-72-87(92)100-78-85(106-88(93)73-67-61-55-49-43-37-34-31-28-27-29-32-35-41-47-52-58-64-70-82(6)9-3)80-104-108(97,98)102-76-83(90)75-101-107(95,96)103-79-84(77-99-86(91)71-65-59-53-45-17-15-13-11-8-2)105-89(94)74-68-62-56-50-44-39-38-40-46-51-57-63-69-81(4)5/h81-85,90H,7-80H2,1-6H3,(H,95,96)(H,97,98)/t82?,83-,84+,85+/m0/s1. The van der Waals surface area contributed by atoms with Crippen molar-refractivity contribution in [1.82, 2.24) is 0 Å². The molecule has 3 unspecified atom stereocenters. The summed E-state index contributed by atoms with van der Waals surface area (Å²) in [5, 5.41) is 10.7. The van der Waals surface area contributed by atoms with Crippen molar-refractivity contribution in [2.75, 3.05) is 39.6 Å². The lowest BCUT2D eigenvalue weighted by Gasteiger charge is -2.21. The molecule has 0 heterocycles.